The fraction of sp³-hybridized carbons (Fsp3) is 0.778. The summed E-state index contributed by atoms with van der Waals surface area (Å²) in [6, 6.07) is 0.0836. The minimum Gasteiger partial charge on any atom is -0.354 e. The molecule has 1 aliphatic carbocycles. The van der Waals surface area contributed by atoms with Crippen molar-refractivity contribution in [3.8, 4) is 0 Å². The fourth-order valence-electron chi connectivity index (χ4n) is 3.96. The Balaban J connectivity index is 2.65. The van der Waals surface area contributed by atoms with Crippen LogP contribution in [0.1, 0.15) is 40.0 Å². The molecule has 2 atom stereocenters. The van der Waals surface area contributed by atoms with Crippen LogP contribution in [0.4, 0.5) is 0 Å². The van der Waals surface area contributed by atoms with Crippen molar-refractivity contribution < 1.29 is 9.59 Å². The van der Waals surface area contributed by atoms with Crippen molar-refractivity contribution >= 4 is 11.8 Å². The molecule has 1 aliphatic rings. The van der Waals surface area contributed by atoms with Gasteiger partial charge in [-0.1, -0.05) is 20.8 Å². The maximum atomic E-state index is 12.0. The molecule has 1 fully saturated rings. The number of hydrogen-bond donors (Lipinski definition) is 2. The van der Waals surface area contributed by atoms with Gasteiger partial charge in [-0.3, -0.25) is 19.4 Å². The first-order valence-electron chi connectivity index (χ1n) is 8.39. The number of nitrogens with zero attached hydrogens (tertiary/aromatic N) is 2. The molecule has 2 unspecified atom stereocenters. The van der Waals surface area contributed by atoms with E-state index in [1.54, 1.807) is 14.1 Å². The van der Waals surface area contributed by atoms with Crippen LogP contribution in [-0.4, -0.2) is 61.4 Å². The Morgan fingerprint density at radius 2 is 1.58 bits per heavy atom. The van der Waals surface area contributed by atoms with Gasteiger partial charge in [0.25, 0.3) is 0 Å². The Labute approximate surface area is 147 Å². The zero-order valence-corrected chi connectivity index (χ0v) is 15.7. The number of carbonyl (C=O) groups is 2. The summed E-state index contributed by atoms with van der Waals surface area (Å²) in [5.41, 5.74) is 0.0199. The maximum Gasteiger partial charge on any atom is 0.234 e. The van der Waals surface area contributed by atoms with Gasteiger partial charge in [-0.15, -0.1) is 0 Å². The molecule has 0 aromatic rings. The predicted octanol–water partition coefficient (Wildman–Crippen LogP) is 1.00. The van der Waals surface area contributed by atoms with Crippen LogP contribution in [-0.2, 0) is 9.59 Å². The van der Waals surface area contributed by atoms with Gasteiger partial charge in [0.05, 0.1) is 13.1 Å². The van der Waals surface area contributed by atoms with Crippen LogP contribution >= 0.6 is 0 Å². The second-order valence-corrected chi connectivity index (χ2v) is 8.43. The highest BCUT2D eigenvalue weighted by Crippen LogP contribution is 2.45. The molecule has 0 bridgehead atoms. The largest absolute Gasteiger partial charge is 0.354 e. The molecule has 0 heterocycles. The van der Waals surface area contributed by atoms with Crippen molar-refractivity contribution in [3.63, 3.8) is 0 Å². The van der Waals surface area contributed by atoms with Gasteiger partial charge in [0.1, 0.15) is 0 Å². The lowest BCUT2D eigenvalue weighted by molar-refractivity contribution is -0.124. The Morgan fingerprint density at radius 3 is 2.12 bits per heavy atom. The summed E-state index contributed by atoms with van der Waals surface area (Å²) in [5.74, 6) is -0.159. The first kappa shape index (κ1) is 20.9. The average Bonchev–Trinajstić information content (AvgIpc) is 2.31. The molecule has 24 heavy (non-hydrogen) atoms. The third kappa shape index (κ3) is 7.62. The molecule has 6 heteroatoms. The second-order valence-electron chi connectivity index (χ2n) is 8.43. The lowest BCUT2D eigenvalue weighted by Crippen LogP contribution is -2.51. The quantitative estimate of drug-likeness (QED) is 0.681. The highest BCUT2D eigenvalue weighted by atomic mass is 16.2. The molecule has 1 saturated carbocycles. The van der Waals surface area contributed by atoms with Crippen LogP contribution < -0.4 is 10.6 Å². The molecule has 1 rings (SSSR count). The predicted molar refractivity (Wildman–Crippen MR) is 94.5 cm³/mol. The number of likely N-dealkylation sites (N-methyl/N-ethyl adjacent to an activating group) is 2. The van der Waals surface area contributed by atoms with Gasteiger partial charge < -0.3 is 10.6 Å². The summed E-state index contributed by atoms with van der Waals surface area (Å²) in [5, 5.41) is 6.05. The van der Waals surface area contributed by atoms with Crippen molar-refractivity contribution in [2.45, 2.75) is 46.1 Å². The van der Waals surface area contributed by atoms with E-state index < -0.39 is 0 Å². The summed E-state index contributed by atoms with van der Waals surface area (Å²) in [7, 11) is 14.4. The van der Waals surface area contributed by atoms with Crippen LogP contribution in [0.5, 0.6) is 0 Å². The molecule has 136 valence electrons. The van der Waals surface area contributed by atoms with E-state index in [2.05, 4.69) is 31.4 Å². The molecule has 2 N–H and O–H groups in total. The van der Waals surface area contributed by atoms with Crippen LogP contribution in [0.2, 0.25) is 0 Å². The van der Waals surface area contributed by atoms with E-state index in [-0.39, 0.29) is 41.8 Å². The van der Waals surface area contributed by atoms with E-state index in [0.29, 0.717) is 6.54 Å². The number of hydrogen-bond acceptors (Lipinski definition) is 4. The van der Waals surface area contributed by atoms with Crippen LogP contribution in [0.25, 0.3) is 0 Å². The van der Waals surface area contributed by atoms with E-state index in [9.17, 15) is 9.59 Å². The minimum atomic E-state index is -0.0880. The highest BCUT2D eigenvalue weighted by Gasteiger charge is 2.41. The topological polar surface area (TPSA) is 64.7 Å². The molecule has 2 amide bonds. The summed E-state index contributed by atoms with van der Waals surface area (Å²) in [6.07, 6.45) is 2.74. The Hall–Kier alpha value is -1.14. The third-order valence-electron chi connectivity index (χ3n) is 4.31. The summed E-state index contributed by atoms with van der Waals surface area (Å²) in [6.45, 7) is 7.48. The lowest BCUT2D eigenvalue weighted by Gasteiger charge is -2.47. The molecule has 0 spiro atoms. The average molecular weight is 336 g/mol. The number of amides is 2. The molecule has 4 radical (unpaired) electrons. The zero-order valence-electron chi connectivity index (χ0n) is 15.7. The zero-order chi connectivity index (χ0) is 18.5. The summed E-state index contributed by atoms with van der Waals surface area (Å²) in [4.78, 5) is 26.6. The fourth-order valence-corrected chi connectivity index (χ4v) is 3.96. The van der Waals surface area contributed by atoms with Crippen LogP contribution in [0.15, 0.2) is 0 Å². The van der Waals surface area contributed by atoms with Crippen molar-refractivity contribution in [3.05, 3.63) is 14.1 Å². The van der Waals surface area contributed by atoms with Crippen molar-refractivity contribution in [2.24, 2.45) is 10.8 Å². The van der Waals surface area contributed by atoms with Gasteiger partial charge in [-0.2, -0.15) is 0 Å². The van der Waals surface area contributed by atoms with Gasteiger partial charge in [0, 0.05) is 26.7 Å². The normalized spacial score (nSPS) is 26.5. The van der Waals surface area contributed by atoms with Crippen molar-refractivity contribution in [1.82, 2.24) is 20.4 Å². The molecular formula is C18H32N4O2. The van der Waals surface area contributed by atoms with E-state index in [0.717, 1.165) is 19.3 Å². The van der Waals surface area contributed by atoms with Crippen molar-refractivity contribution in [1.29, 1.82) is 0 Å². The van der Waals surface area contributed by atoms with Gasteiger partial charge in [0.15, 0.2) is 0 Å². The molecule has 0 aromatic carbocycles. The maximum absolute atomic E-state index is 12.0. The van der Waals surface area contributed by atoms with Gasteiger partial charge in [0.2, 0.25) is 11.8 Å². The molecule has 0 aliphatic heterocycles. The Kier molecular flexibility index (Phi) is 7.23. The van der Waals surface area contributed by atoms with E-state index in [1.807, 2.05) is 0 Å². The second kappa shape index (κ2) is 8.30. The van der Waals surface area contributed by atoms with Gasteiger partial charge in [-0.05, 0) is 44.2 Å². The Morgan fingerprint density at radius 1 is 1.04 bits per heavy atom. The molecule has 0 aromatic heterocycles. The molecule has 6 nitrogen and oxygen atoms in total. The first-order valence-corrected chi connectivity index (χ1v) is 8.39. The van der Waals surface area contributed by atoms with E-state index in [4.69, 9.17) is 14.1 Å². The Bertz CT molecular complexity index is 448. The SMILES string of the molecule is [CH]N(C)CC(=O)NCC1(C)CC(NC(=O)CN([CH])C)CC(C)(C)C1. The lowest BCUT2D eigenvalue weighted by atomic mass is 9.62. The number of nitrogens with one attached hydrogen (secondary N) is 2. The van der Waals surface area contributed by atoms with E-state index in [1.165, 1.54) is 9.80 Å². The smallest absolute Gasteiger partial charge is 0.234 e. The first-order chi connectivity index (χ1) is 10.9. The minimum absolute atomic E-state index is 0.0705. The van der Waals surface area contributed by atoms with Crippen LogP contribution in [0, 0.1) is 24.9 Å². The summed E-state index contributed by atoms with van der Waals surface area (Å²) >= 11 is 0. The monoisotopic (exact) mass is 336 g/mol. The van der Waals surface area contributed by atoms with Crippen molar-refractivity contribution in [2.75, 3.05) is 33.7 Å². The number of carbonyl (C=O) groups excluding carboxylic acids is 2. The third-order valence-corrected chi connectivity index (χ3v) is 4.31. The number of rotatable bonds is 7. The highest BCUT2D eigenvalue weighted by molar-refractivity contribution is 5.78. The standard InChI is InChI=1S/C18H32N4O2/c1-17(2)8-14(20-16(24)11-22(6)7)9-18(3,12-17)13-19-15(23)10-21(4)5/h4,6,14H,8-13H2,1-3,5,7H3,(H,19,23)(H,20,24). The van der Waals surface area contributed by atoms with Crippen LogP contribution in [0.3, 0.4) is 0 Å². The van der Waals surface area contributed by atoms with Gasteiger partial charge in [-0.25, -0.2) is 0 Å². The van der Waals surface area contributed by atoms with Gasteiger partial charge >= 0.3 is 0 Å². The van der Waals surface area contributed by atoms with E-state index >= 15 is 0 Å². The molecule has 0 saturated heterocycles. The summed E-state index contributed by atoms with van der Waals surface area (Å²) < 4.78 is 0. The molecular weight excluding hydrogens is 304 g/mol.